The molecule has 0 aliphatic rings. The molecule has 4 heteroatoms. The maximum absolute atomic E-state index is 10.8. The Labute approximate surface area is 88.4 Å². The molecule has 1 aromatic rings. The fourth-order valence-corrected chi connectivity index (χ4v) is 1.35. The third-order valence-corrected chi connectivity index (χ3v) is 2.05. The Kier molecular flexibility index (Phi) is 4.27. The maximum Gasteiger partial charge on any atom is 0.335 e. The Balaban J connectivity index is 3.02. The van der Waals surface area contributed by atoms with Gasteiger partial charge in [0.25, 0.3) is 0 Å². The molecule has 1 N–H and O–H groups in total. The molecule has 82 valence electrons. The normalized spacial score (nSPS) is 10.3. The van der Waals surface area contributed by atoms with Crippen molar-refractivity contribution in [2.24, 2.45) is 0 Å². The van der Waals surface area contributed by atoms with E-state index in [9.17, 15) is 4.79 Å². The number of rotatable bonds is 5. The maximum atomic E-state index is 10.8. The van der Waals surface area contributed by atoms with Crippen LogP contribution in [0.4, 0.5) is 0 Å². The molecule has 0 aliphatic carbocycles. The van der Waals surface area contributed by atoms with Crippen LogP contribution in [-0.2, 0) is 22.7 Å². The first-order valence-corrected chi connectivity index (χ1v) is 4.52. The molecule has 0 bridgehead atoms. The van der Waals surface area contributed by atoms with E-state index in [-0.39, 0.29) is 5.56 Å². The van der Waals surface area contributed by atoms with Crippen molar-refractivity contribution in [3.05, 3.63) is 34.9 Å². The van der Waals surface area contributed by atoms with Crippen molar-refractivity contribution in [3.8, 4) is 0 Å². The van der Waals surface area contributed by atoms with Crippen LogP contribution < -0.4 is 0 Å². The highest BCUT2D eigenvalue weighted by Gasteiger charge is 2.07. The van der Waals surface area contributed by atoms with E-state index in [1.807, 2.05) is 0 Å². The monoisotopic (exact) mass is 210 g/mol. The fourth-order valence-electron chi connectivity index (χ4n) is 1.35. The molecule has 1 rings (SSSR count). The minimum atomic E-state index is -0.934. The number of benzene rings is 1. The van der Waals surface area contributed by atoms with Crippen molar-refractivity contribution in [1.82, 2.24) is 0 Å². The standard InChI is InChI=1S/C11H14O4/c1-14-6-9-4-3-8(11(12)13)5-10(9)7-15-2/h3-5H,6-7H2,1-2H3,(H,12,13). The Morgan fingerprint density at radius 2 is 1.80 bits per heavy atom. The lowest BCUT2D eigenvalue weighted by Gasteiger charge is -2.08. The number of carboxylic acids is 1. The van der Waals surface area contributed by atoms with Gasteiger partial charge in [0.1, 0.15) is 0 Å². The Bertz CT molecular complexity index is 346. The van der Waals surface area contributed by atoms with Crippen LogP contribution in [0.15, 0.2) is 18.2 Å². The number of aromatic carboxylic acids is 1. The quantitative estimate of drug-likeness (QED) is 0.803. The van der Waals surface area contributed by atoms with Crippen molar-refractivity contribution < 1.29 is 19.4 Å². The Morgan fingerprint density at radius 1 is 1.20 bits per heavy atom. The summed E-state index contributed by atoms with van der Waals surface area (Å²) in [5.74, 6) is -0.934. The molecule has 0 saturated carbocycles. The molecule has 4 nitrogen and oxygen atoms in total. The van der Waals surface area contributed by atoms with Gasteiger partial charge in [0.15, 0.2) is 0 Å². The third kappa shape index (κ3) is 3.04. The van der Waals surface area contributed by atoms with Gasteiger partial charge in [0.2, 0.25) is 0 Å². The Hall–Kier alpha value is -1.39. The number of carbonyl (C=O) groups is 1. The second-order valence-electron chi connectivity index (χ2n) is 3.15. The lowest BCUT2D eigenvalue weighted by Crippen LogP contribution is -2.02. The van der Waals surface area contributed by atoms with E-state index in [4.69, 9.17) is 14.6 Å². The molecule has 15 heavy (non-hydrogen) atoms. The molecular weight excluding hydrogens is 196 g/mol. The summed E-state index contributed by atoms with van der Waals surface area (Å²) in [7, 11) is 3.17. The molecule has 1 aromatic carbocycles. The van der Waals surface area contributed by atoms with Crippen molar-refractivity contribution in [2.45, 2.75) is 13.2 Å². The first-order valence-electron chi connectivity index (χ1n) is 4.52. The topological polar surface area (TPSA) is 55.8 Å². The van der Waals surface area contributed by atoms with Gasteiger partial charge in [-0.25, -0.2) is 4.79 Å². The zero-order valence-corrected chi connectivity index (χ0v) is 8.82. The molecule has 0 atom stereocenters. The first kappa shape index (κ1) is 11.7. The number of hydrogen-bond donors (Lipinski definition) is 1. The molecule has 0 aliphatic heterocycles. The van der Waals surface area contributed by atoms with Crippen LogP contribution in [0.25, 0.3) is 0 Å². The van der Waals surface area contributed by atoms with Crippen LogP contribution in [0.3, 0.4) is 0 Å². The summed E-state index contributed by atoms with van der Waals surface area (Å²) >= 11 is 0. The lowest BCUT2D eigenvalue weighted by atomic mass is 10.0. The molecule has 0 heterocycles. The summed E-state index contributed by atoms with van der Waals surface area (Å²) < 4.78 is 10.0. The number of hydrogen-bond acceptors (Lipinski definition) is 3. The summed E-state index contributed by atoms with van der Waals surface area (Å²) in [6.07, 6.45) is 0. The zero-order chi connectivity index (χ0) is 11.3. The SMILES string of the molecule is COCc1ccc(C(=O)O)cc1COC. The van der Waals surface area contributed by atoms with E-state index < -0.39 is 5.97 Å². The largest absolute Gasteiger partial charge is 0.478 e. The average molecular weight is 210 g/mol. The van der Waals surface area contributed by atoms with E-state index in [0.717, 1.165) is 11.1 Å². The van der Waals surface area contributed by atoms with Crippen LogP contribution in [0.2, 0.25) is 0 Å². The van der Waals surface area contributed by atoms with Crippen LogP contribution in [0, 0.1) is 0 Å². The lowest BCUT2D eigenvalue weighted by molar-refractivity contribution is 0.0696. The smallest absolute Gasteiger partial charge is 0.335 e. The number of carboxylic acid groups (broad SMARTS) is 1. The minimum Gasteiger partial charge on any atom is -0.478 e. The van der Waals surface area contributed by atoms with Crippen LogP contribution >= 0.6 is 0 Å². The van der Waals surface area contributed by atoms with E-state index in [1.165, 1.54) is 0 Å². The predicted octanol–water partition coefficient (Wildman–Crippen LogP) is 1.68. The molecule has 0 unspecified atom stereocenters. The van der Waals surface area contributed by atoms with Gasteiger partial charge in [0.05, 0.1) is 18.8 Å². The second kappa shape index (κ2) is 5.48. The molecule has 0 spiro atoms. The summed E-state index contributed by atoms with van der Waals surface area (Å²) in [6.45, 7) is 0.846. The Morgan fingerprint density at radius 3 is 2.33 bits per heavy atom. The molecule has 0 saturated heterocycles. The summed E-state index contributed by atoms with van der Waals surface area (Å²) in [5, 5.41) is 8.83. The van der Waals surface area contributed by atoms with E-state index in [1.54, 1.807) is 32.4 Å². The van der Waals surface area contributed by atoms with E-state index in [2.05, 4.69) is 0 Å². The van der Waals surface area contributed by atoms with Crippen molar-refractivity contribution >= 4 is 5.97 Å². The fraction of sp³-hybridized carbons (Fsp3) is 0.364. The van der Waals surface area contributed by atoms with Gasteiger partial charge in [-0.15, -0.1) is 0 Å². The van der Waals surface area contributed by atoms with Crippen LogP contribution in [0.1, 0.15) is 21.5 Å². The second-order valence-corrected chi connectivity index (χ2v) is 3.15. The molecule has 0 fully saturated rings. The highest BCUT2D eigenvalue weighted by atomic mass is 16.5. The van der Waals surface area contributed by atoms with Crippen LogP contribution in [-0.4, -0.2) is 25.3 Å². The van der Waals surface area contributed by atoms with Gasteiger partial charge in [-0.1, -0.05) is 6.07 Å². The van der Waals surface area contributed by atoms with Crippen molar-refractivity contribution in [1.29, 1.82) is 0 Å². The molecule has 0 radical (unpaired) electrons. The zero-order valence-electron chi connectivity index (χ0n) is 8.82. The average Bonchev–Trinajstić information content (AvgIpc) is 2.21. The van der Waals surface area contributed by atoms with Crippen molar-refractivity contribution in [2.75, 3.05) is 14.2 Å². The number of methoxy groups -OCH3 is 2. The van der Waals surface area contributed by atoms with Crippen LogP contribution in [0.5, 0.6) is 0 Å². The van der Waals surface area contributed by atoms with Gasteiger partial charge in [0, 0.05) is 14.2 Å². The summed E-state index contributed by atoms with van der Waals surface area (Å²) in [6, 6.07) is 4.93. The van der Waals surface area contributed by atoms with Crippen molar-refractivity contribution in [3.63, 3.8) is 0 Å². The van der Waals surface area contributed by atoms with Gasteiger partial charge in [-0.2, -0.15) is 0 Å². The minimum absolute atomic E-state index is 0.266. The summed E-state index contributed by atoms with van der Waals surface area (Å²) in [5.41, 5.74) is 2.06. The van der Waals surface area contributed by atoms with E-state index >= 15 is 0 Å². The van der Waals surface area contributed by atoms with Gasteiger partial charge in [-0.05, 0) is 23.3 Å². The molecule has 0 amide bonds. The first-order chi connectivity index (χ1) is 7.19. The van der Waals surface area contributed by atoms with E-state index in [0.29, 0.717) is 13.2 Å². The third-order valence-electron chi connectivity index (χ3n) is 2.05. The molecular formula is C11H14O4. The highest BCUT2D eigenvalue weighted by Crippen LogP contribution is 2.14. The van der Waals surface area contributed by atoms with Gasteiger partial charge in [-0.3, -0.25) is 0 Å². The molecule has 0 aromatic heterocycles. The van der Waals surface area contributed by atoms with Gasteiger partial charge >= 0.3 is 5.97 Å². The number of ether oxygens (including phenoxy) is 2. The van der Waals surface area contributed by atoms with Gasteiger partial charge < -0.3 is 14.6 Å². The summed E-state index contributed by atoms with van der Waals surface area (Å²) in [4.78, 5) is 10.8. The highest BCUT2D eigenvalue weighted by molar-refractivity contribution is 5.87. The predicted molar refractivity (Wildman–Crippen MR) is 54.8 cm³/mol.